The topological polar surface area (TPSA) is 142 Å². The fourth-order valence-electron chi connectivity index (χ4n) is 3.46. The standard InChI is InChI=1S/C23H22N2O8/c26-22(27)20-6-1-2-7-21(20)33-14-4-13-32-19-10-8-17(9-11-19)15-23(25(30)31)12-3-5-18(16-23)24(28)29/h1-3,5-12H,4,13-16H2,(H,26,27). The molecular formula is C23H22N2O8. The van der Waals surface area contributed by atoms with Crippen molar-refractivity contribution in [2.24, 2.45) is 0 Å². The molecule has 0 aliphatic heterocycles. The molecular weight excluding hydrogens is 432 g/mol. The summed E-state index contributed by atoms with van der Waals surface area (Å²) in [6.07, 6.45) is 4.28. The van der Waals surface area contributed by atoms with Gasteiger partial charge in [-0.3, -0.25) is 20.2 Å². The van der Waals surface area contributed by atoms with Gasteiger partial charge in [0.2, 0.25) is 0 Å². The summed E-state index contributed by atoms with van der Waals surface area (Å²) in [4.78, 5) is 32.9. The van der Waals surface area contributed by atoms with Crippen LogP contribution in [0.4, 0.5) is 0 Å². The van der Waals surface area contributed by atoms with Crippen LogP contribution >= 0.6 is 0 Å². The van der Waals surface area contributed by atoms with E-state index in [1.165, 1.54) is 24.3 Å². The van der Waals surface area contributed by atoms with E-state index in [0.717, 1.165) is 0 Å². The van der Waals surface area contributed by atoms with Gasteiger partial charge >= 0.3 is 5.97 Å². The van der Waals surface area contributed by atoms with Crippen molar-refractivity contribution < 1.29 is 29.2 Å². The van der Waals surface area contributed by atoms with E-state index < -0.39 is 21.4 Å². The highest BCUT2D eigenvalue weighted by Crippen LogP contribution is 2.31. The van der Waals surface area contributed by atoms with Gasteiger partial charge in [-0.1, -0.05) is 30.3 Å². The van der Waals surface area contributed by atoms with Crippen molar-refractivity contribution in [1.82, 2.24) is 0 Å². The summed E-state index contributed by atoms with van der Waals surface area (Å²) in [5.74, 6) is -0.207. The van der Waals surface area contributed by atoms with Crippen LogP contribution in [0.1, 0.15) is 28.8 Å². The minimum atomic E-state index is -1.57. The third-order valence-corrected chi connectivity index (χ3v) is 5.15. The van der Waals surface area contributed by atoms with Gasteiger partial charge in [0.15, 0.2) is 0 Å². The molecule has 2 aromatic rings. The van der Waals surface area contributed by atoms with E-state index in [2.05, 4.69) is 0 Å². The van der Waals surface area contributed by atoms with Gasteiger partial charge in [-0.2, -0.15) is 0 Å². The molecule has 0 spiro atoms. The molecule has 33 heavy (non-hydrogen) atoms. The van der Waals surface area contributed by atoms with E-state index in [9.17, 15) is 25.0 Å². The van der Waals surface area contributed by atoms with Crippen LogP contribution in [0.2, 0.25) is 0 Å². The number of carboxylic acid groups (broad SMARTS) is 1. The molecule has 1 N–H and O–H groups in total. The minimum Gasteiger partial charge on any atom is -0.493 e. The highest BCUT2D eigenvalue weighted by molar-refractivity contribution is 5.90. The Morgan fingerprint density at radius 3 is 2.39 bits per heavy atom. The summed E-state index contributed by atoms with van der Waals surface area (Å²) in [5, 5.41) is 31.9. The summed E-state index contributed by atoms with van der Waals surface area (Å²) in [6.45, 7) is 0.597. The molecule has 0 saturated heterocycles. The number of benzene rings is 2. The van der Waals surface area contributed by atoms with Crippen molar-refractivity contribution in [3.63, 3.8) is 0 Å². The first kappa shape index (κ1) is 23.5. The number of aromatic carboxylic acids is 1. The summed E-state index contributed by atoms with van der Waals surface area (Å²) < 4.78 is 11.2. The van der Waals surface area contributed by atoms with Crippen LogP contribution in [0.25, 0.3) is 0 Å². The molecule has 0 aromatic heterocycles. The lowest BCUT2D eigenvalue weighted by atomic mass is 9.84. The molecule has 172 valence electrons. The molecule has 1 aliphatic rings. The van der Waals surface area contributed by atoms with E-state index in [1.54, 1.807) is 42.5 Å². The third kappa shape index (κ3) is 5.94. The number of ether oxygens (including phenoxy) is 2. The zero-order valence-electron chi connectivity index (χ0n) is 17.6. The Labute approximate surface area is 189 Å². The fourth-order valence-corrected chi connectivity index (χ4v) is 3.46. The van der Waals surface area contributed by atoms with Crippen LogP contribution in [-0.4, -0.2) is 39.7 Å². The molecule has 0 bridgehead atoms. The number of para-hydroxylation sites is 1. The number of hydrogen-bond donors (Lipinski definition) is 1. The zero-order chi connectivity index (χ0) is 23.8. The monoisotopic (exact) mass is 454 g/mol. The van der Waals surface area contributed by atoms with E-state index in [1.807, 2.05) is 0 Å². The summed E-state index contributed by atoms with van der Waals surface area (Å²) in [6, 6.07) is 13.1. The predicted octanol–water partition coefficient (Wildman–Crippen LogP) is 3.91. The normalized spacial score (nSPS) is 17.2. The average Bonchev–Trinajstić information content (AvgIpc) is 2.80. The maximum atomic E-state index is 11.7. The van der Waals surface area contributed by atoms with E-state index in [0.29, 0.717) is 30.1 Å². The quantitative estimate of drug-likeness (QED) is 0.306. The summed E-state index contributed by atoms with van der Waals surface area (Å²) in [7, 11) is 0. The third-order valence-electron chi connectivity index (χ3n) is 5.15. The highest BCUT2D eigenvalue weighted by Gasteiger charge is 2.45. The summed E-state index contributed by atoms with van der Waals surface area (Å²) >= 11 is 0. The van der Waals surface area contributed by atoms with E-state index >= 15 is 0 Å². The number of carbonyl (C=O) groups is 1. The molecule has 10 nitrogen and oxygen atoms in total. The second-order valence-corrected chi connectivity index (χ2v) is 7.48. The SMILES string of the molecule is O=C(O)c1ccccc1OCCCOc1ccc(CC2([N+](=O)[O-])C=CC=C([N+](=O)[O-])C2)cc1. The van der Waals surface area contributed by atoms with Gasteiger partial charge in [0.05, 0.1) is 18.1 Å². The van der Waals surface area contributed by atoms with Crippen LogP contribution in [0.5, 0.6) is 11.5 Å². The van der Waals surface area contributed by atoms with Gasteiger partial charge in [0, 0.05) is 23.8 Å². The lowest BCUT2D eigenvalue weighted by Crippen LogP contribution is -2.41. The summed E-state index contributed by atoms with van der Waals surface area (Å²) in [5.41, 5.74) is -1.01. The molecule has 0 saturated carbocycles. The molecule has 2 aromatic carbocycles. The number of carboxylic acids is 1. The van der Waals surface area contributed by atoms with Crippen LogP contribution in [0.3, 0.4) is 0 Å². The fraction of sp³-hybridized carbons (Fsp3) is 0.261. The first-order valence-corrected chi connectivity index (χ1v) is 10.1. The maximum absolute atomic E-state index is 11.7. The lowest BCUT2D eigenvalue weighted by molar-refractivity contribution is -0.561. The van der Waals surface area contributed by atoms with Gasteiger partial charge in [0.25, 0.3) is 11.2 Å². The molecule has 0 amide bonds. The number of nitro groups is 2. The van der Waals surface area contributed by atoms with Crippen molar-refractivity contribution in [3.8, 4) is 11.5 Å². The second kappa shape index (κ2) is 10.4. The average molecular weight is 454 g/mol. The lowest BCUT2D eigenvalue weighted by Gasteiger charge is -2.23. The van der Waals surface area contributed by atoms with Gasteiger partial charge in [-0.25, -0.2) is 4.79 Å². The van der Waals surface area contributed by atoms with Crippen molar-refractivity contribution in [1.29, 1.82) is 0 Å². The molecule has 0 fully saturated rings. The number of rotatable bonds is 11. The molecule has 0 heterocycles. The van der Waals surface area contributed by atoms with E-state index in [-0.39, 0.29) is 30.7 Å². The Kier molecular flexibility index (Phi) is 7.39. The molecule has 1 unspecified atom stereocenters. The Hall–Kier alpha value is -4.21. The minimum absolute atomic E-state index is 0.0127. The smallest absolute Gasteiger partial charge is 0.339 e. The molecule has 10 heteroatoms. The van der Waals surface area contributed by atoms with Crippen LogP contribution < -0.4 is 9.47 Å². The Bertz CT molecular complexity index is 1090. The van der Waals surface area contributed by atoms with Crippen LogP contribution in [0.15, 0.2) is 72.5 Å². The highest BCUT2D eigenvalue weighted by atomic mass is 16.6. The molecule has 1 atom stereocenters. The van der Waals surface area contributed by atoms with Gasteiger partial charge in [-0.05, 0) is 35.9 Å². The largest absolute Gasteiger partial charge is 0.493 e. The van der Waals surface area contributed by atoms with Crippen LogP contribution in [-0.2, 0) is 6.42 Å². The zero-order valence-corrected chi connectivity index (χ0v) is 17.6. The number of hydrogen-bond acceptors (Lipinski definition) is 7. The Morgan fingerprint density at radius 1 is 1.03 bits per heavy atom. The van der Waals surface area contributed by atoms with Crippen molar-refractivity contribution >= 4 is 5.97 Å². The molecule has 0 radical (unpaired) electrons. The first-order chi connectivity index (χ1) is 15.8. The molecule has 3 rings (SSSR count). The van der Waals surface area contributed by atoms with E-state index in [4.69, 9.17) is 14.6 Å². The van der Waals surface area contributed by atoms with Crippen molar-refractivity contribution in [2.45, 2.75) is 24.8 Å². The maximum Gasteiger partial charge on any atom is 0.339 e. The second-order valence-electron chi connectivity index (χ2n) is 7.48. The Balaban J connectivity index is 1.51. The predicted molar refractivity (Wildman–Crippen MR) is 118 cm³/mol. The van der Waals surface area contributed by atoms with Gasteiger partial charge in [-0.15, -0.1) is 0 Å². The number of nitrogens with zero attached hydrogens (tertiary/aromatic N) is 2. The first-order valence-electron chi connectivity index (χ1n) is 10.1. The Morgan fingerprint density at radius 2 is 1.73 bits per heavy atom. The van der Waals surface area contributed by atoms with Crippen molar-refractivity contribution in [3.05, 3.63) is 104 Å². The molecule has 1 aliphatic carbocycles. The van der Waals surface area contributed by atoms with Gasteiger partial charge < -0.3 is 14.6 Å². The van der Waals surface area contributed by atoms with Crippen molar-refractivity contribution in [2.75, 3.05) is 13.2 Å². The van der Waals surface area contributed by atoms with Crippen LogP contribution in [0, 0.1) is 20.2 Å². The van der Waals surface area contributed by atoms with Gasteiger partial charge in [0.1, 0.15) is 23.5 Å². The number of allylic oxidation sites excluding steroid dienone is 2.